The van der Waals surface area contributed by atoms with Crippen LogP contribution in [0.5, 0.6) is 0 Å². The molecule has 2 aromatic heterocycles. The van der Waals surface area contributed by atoms with E-state index in [9.17, 15) is 4.79 Å². The molecule has 6 nitrogen and oxygen atoms in total. The second kappa shape index (κ2) is 6.87. The van der Waals surface area contributed by atoms with Crippen LogP contribution in [-0.4, -0.2) is 20.9 Å². The average Bonchev–Trinajstić information content (AvgIpc) is 2.60. The minimum Gasteiger partial charge on any atom is -0.384 e. The van der Waals surface area contributed by atoms with Crippen LogP contribution in [-0.2, 0) is 11.2 Å². The van der Waals surface area contributed by atoms with Crippen LogP contribution in [0.4, 0.5) is 5.82 Å². The molecular weight excluding hydrogens is 302 g/mol. The lowest BCUT2D eigenvalue weighted by Crippen LogP contribution is -2.11. The van der Waals surface area contributed by atoms with Gasteiger partial charge in [-0.15, -0.1) is 0 Å². The van der Waals surface area contributed by atoms with E-state index in [1.807, 2.05) is 36.4 Å². The third-order valence-electron chi connectivity index (χ3n) is 3.67. The zero-order chi connectivity index (χ0) is 16.9. The molecule has 2 heterocycles. The van der Waals surface area contributed by atoms with E-state index in [1.54, 1.807) is 12.3 Å². The van der Waals surface area contributed by atoms with Crippen molar-refractivity contribution in [1.29, 1.82) is 0 Å². The summed E-state index contributed by atoms with van der Waals surface area (Å²) in [5.41, 5.74) is 15.5. The van der Waals surface area contributed by atoms with Crippen LogP contribution in [0.1, 0.15) is 12.0 Å². The topological polar surface area (TPSA) is 108 Å². The van der Waals surface area contributed by atoms with Gasteiger partial charge in [-0.05, 0) is 30.2 Å². The number of aromatic nitrogens is 3. The molecule has 0 unspecified atom stereocenters. The van der Waals surface area contributed by atoms with E-state index in [4.69, 9.17) is 11.5 Å². The summed E-state index contributed by atoms with van der Waals surface area (Å²) in [7, 11) is 0. The molecule has 0 saturated heterocycles. The molecule has 0 aliphatic heterocycles. The molecule has 120 valence electrons. The highest BCUT2D eigenvalue weighted by Gasteiger charge is 2.11. The van der Waals surface area contributed by atoms with Gasteiger partial charge in [0, 0.05) is 29.8 Å². The van der Waals surface area contributed by atoms with Crippen LogP contribution in [0.2, 0.25) is 0 Å². The van der Waals surface area contributed by atoms with E-state index in [0.717, 1.165) is 28.1 Å². The SMILES string of the molecule is NC(=O)CCc1cc(-c2ccccn2)ccc1-c1cc(N)ncn1. The van der Waals surface area contributed by atoms with Gasteiger partial charge in [0.05, 0.1) is 11.4 Å². The molecule has 0 fully saturated rings. The number of carbonyl (C=O) groups excluding carboxylic acids is 1. The second-order valence-electron chi connectivity index (χ2n) is 5.38. The number of primary amides is 1. The second-order valence-corrected chi connectivity index (χ2v) is 5.38. The van der Waals surface area contributed by atoms with Crippen molar-refractivity contribution in [3.05, 3.63) is 60.6 Å². The number of carbonyl (C=O) groups is 1. The number of nitrogen functional groups attached to an aromatic ring is 1. The van der Waals surface area contributed by atoms with Crippen molar-refractivity contribution < 1.29 is 4.79 Å². The van der Waals surface area contributed by atoms with Gasteiger partial charge in [-0.25, -0.2) is 9.97 Å². The summed E-state index contributed by atoms with van der Waals surface area (Å²) >= 11 is 0. The molecular formula is C18H17N5O. The van der Waals surface area contributed by atoms with Crippen LogP contribution < -0.4 is 11.5 Å². The van der Waals surface area contributed by atoms with Gasteiger partial charge < -0.3 is 11.5 Å². The molecule has 0 aliphatic rings. The van der Waals surface area contributed by atoms with Crippen molar-refractivity contribution in [3.63, 3.8) is 0 Å². The van der Waals surface area contributed by atoms with Crippen LogP contribution in [0.25, 0.3) is 22.5 Å². The van der Waals surface area contributed by atoms with Crippen molar-refractivity contribution in [1.82, 2.24) is 15.0 Å². The summed E-state index contributed by atoms with van der Waals surface area (Å²) < 4.78 is 0. The number of amides is 1. The van der Waals surface area contributed by atoms with E-state index in [0.29, 0.717) is 12.2 Å². The first-order valence-corrected chi connectivity index (χ1v) is 7.54. The third-order valence-corrected chi connectivity index (χ3v) is 3.67. The maximum absolute atomic E-state index is 11.2. The standard InChI is InChI=1S/C18H17N5O/c19-17-10-16(22-11-23-17)14-6-4-13(15-3-1-2-8-21-15)9-12(14)5-7-18(20)24/h1-4,6,8-11H,5,7H2,(H2,20,24)(H2,19,22,23). The highest BCUT2D eigenvalue weighted by atomic mass is 16.1. The lowest BCUT2D eigenvalue weighted by Gasteiger charge is -2.11. The van der Waals surface area contributed by atoms with Gasteiger partial charge in [0.15, 0.2) is 0 Å². The zero-order valence-electron chi connectivity index (χ0n) is 13.0. The predicted octanol–water partition coefficient (Wildman–Crippen LogP) is 2.21. The van der Waals surface area contributed by atoms with Crippen molar-refractivity contribution >= 4 is 11.7 Å². The Balaban J connectivity index is 2.06. The largest absolute Gasteiger partial charge is 0.384 e. The summed E-state index contributed by atoms with van der Waals surface area (Å²) in [5.74, 6) is 0.0565. The Morgan fingerprint density at radius 3 is 2.58 bits per heavy atom. The monoisotopic (exact) mass is 319 g/mol. The van der Waals surface area contributed by atoms with Gasteiger partial charge in [-0.2, -0.15) is 0 Å². The molecule has 4 N–H and O–H groups in total. The fourth-order valence-electron chi connectivity index (χ4n) is 2.52. The minimum absolute atomic E-state index is 0.263. The Morgan fingerprint density at radius 1 is 1.00 bits per heavy atom. The Kier molecular flexibility index (Phi) is 4.47. The molecule has 0 bridgehead atoms. The van der Waals surface area contributed by atoms with Crippen molar-refractivity contribution in [2.75, 3.05) is 5.73 Å². The van der Waals surface area contributed by atoms with Gasteiger partial charge in [-0.3, -0.25) is 9.78 Å². The predicted molar refractivity (Wildman–Crippen MR) is 92.6 cm³/mol. The number of hydrogen-bond acceptors (Lipinski definition) is 5. The molecule has 3 rings (SSSR count). The quantitative estimate of drug-likeness (QED) is 0.749. The Hall–Kier alpha value is -3.28. The Labute approximate surface area is 139 Å². The Morgan fingerprint density at radius 2 is 1.88 bits per heavy atom. The number of pyridine rings is 1. The van der Waals surface area contributed by atoms with E-state index in [1.165, 1.54) is 6.33 Å². The number of anilines is 1. The van der Waals surface area contributed by atoms with Gasteiger partial charge in [0.2, 0.25) is 5.91 Å². The van der Waals surface area contributed by atoms with Crippen LogP contribution >= 0.6 is 0 Å². The summed E-state index contributed by atoms with van der Waals surface area (Å²) in [6.45, 7) is 0. The van der Waals surface area contributed by atoms with E-state index >= 15 is 0 Å². The minimum atomic E-state index is -0.341. The van der Waals surface area contributed by atoms with E-state index in [-0.39, 0.29) is 12.3 Å². The molecule has 0 spiro atoms. The summed E-state index contributed by atoms with van der Waals surface area (Å²) in [6.07, 6.45) is 3.96. The Bertz CT molecular complexity index is 864. The molecule has 0 saturated carbocycles. The third kappa shape index (κ3) is 3.55. The maximum atomic E-state index is 11.2. The zero-order valence-corrected chi connectivity index (χ0v) is 13.0. The number of nitrogens with zero attached hydrogens (tertiary/aromatic N) is 3. The molecule has 1 aromatic carbocycles. The van der Waals surface area contributed by atoms with Gasteiger partial charge in [-0.1, -0.05) is 18.2 Å². The van der Waals surface area contributed by atoms with Gasteiger partial charge in [0.25, 0.3) is 0 Å². The molecule has 0 atom stereocenters. The molecule has 1 amide bonds. The molecule has 0 radical (unpaired) electrons. The fraction of sp³-hybridized carbons (Fsp3) is 0.111. The highest BCUT2D eigenvalue weighted by molar-refractivity contribution is 5.76. The van der Waals surface area contributed by atoms with Crippen molar-refractivity contribution in [2.45, 2.75) is 12.8 Å². The van der Waals surface area contributed by atoms with Gasteiger partial charge >= 0.3 is 0 Å². The van der Waals surface area contributed by atoms with Crippen molar-refractivity contribution in [3.8, 4) is 22.5 Å². The highest BCUT2D eigenvalue weighted by Crippen LogP contribution is 2.28. The molecule has 0 aliphatic carbocycles. The molecule has 3 aromatic rings. The van der Waals surface area contributed by atoms with E-state index in [2.05, 4.69) is 15.0 Å². The number of rotatable bonds is 5. The summed E-state index contributed by atoms with van der Waals surface area (Å²) in [5, 5.41) is 0. The fourth-order valence-corrected chi connectivity index (χ4v) is 2.52. The van der Waals surface area contributed by atoms with Gasteiger partial charge in [0.1, 0.15) is 12.1 Å². The van der Waals surface area contributed by atoms with Crippen LogP contribution in [0, 0.1) is 0 Å². The average molecular weight is 319 g/mol. The maximum Gasteiger partial charge on any atom is 0.217 e. The smallest absolute Gasteiger partial charge is 0.217 e. The number of nitrogens with two attached hydrogens (primary N) is 2. The molecule has 6 heteroatoms. The summed E-state index contributed by atoms with van der Waals surface area (Å²) in [6, 6.07) is 13.4. The number of hydrogen-bond donors (Lipinski definition) is 2. The van der Waals surface area contributed by atoms with Crippen LogP contribution in [0.15, 0.2) is 55.0 Å². The lowest BCUT2D eigenvalue weighted by molar-refractivity contribution is -0.117. The first kappa shape index (κ1) is 15.6. The number of benzene rings is 1. The van der Waals surface area contributed by atoms with Crippen LogP contribution in [0.3, 0.4) is 0 Å². The first-order valence-electron chi connectivity index (χ1n) is 7.54. The first-order chi connectivity index (χ1) is 11.6. The van der Waals surface area contributed by atoms with E-state index < -0.39 is 0 Å². The normalized spacial score (nSPS) is 10.5. The number of aryl methyl sites for hydroxylation is 1. The molecule has 24 heavy (non-hydrogen) atoms. The summed E-state index contributed by atoms with van der Waals surface area (Å²) in [4.78, 5) is 23.8. The lowest BCUT2D eigenvalue weighted by atomic mass is 9.96. The van der Waals surface area contributed by atoms with Crippen molar-refractivity contribution in [2.24, 2.45) is 5.73 Å².